The molecule has 0 radical (unpaired) electrons. The number of benzene rings is 1. The van der Waals surface area contributed by atoms with Crippen molar-refractivity contribution in [2.24, 2.45) is 7.05 Å². The Kier molecular flexibility index (Phi) is 7.43. The Bertz CT molecular complexity index is 1460. The van der Waals surface area contributed by atoms with Gasteiger partial charge in [-0.2, -0.15) is 18.3 Å². The van der Waals surface area contributed by atoms with Crippen LogP contribution >= 0.6 is 0 Å². The quantitative estimate of drug-likeness (QED) is 0.433. The van der Waals surface area contributed by atoms with E-state index in [0.717, 1.165) is 29.1 Å². The fourth-order valence-electron chi connectivity index (χ4n) is 4.74. The standard InChI is InChI=1S/C27H31F3N8O2/c1-16-22(11-20(27(28,29)30)12-24(16)37-6-5-8-40-9-7-37)33-26(39)19-10-25(17(2)31-13-19)38-15-23(34-35-38)21-14-32-36(4)18(21)3/h10-15,34-35H,5-9H2,1-4H3,(H,33,39). The van der Waals surface area contributed by atoms with E-state index in [9.17, 15) is 18.0 Å². The molecule has 5 rings (SSSR count). The first kappa shape index (κ1) is 27.5. The Morgan fingerprint density at radius 3 is 2.60 bits per heavy atom. The average Bonchev–Trinajstić information content (AvgIpc) is 3.41. The summed E-state index contributed by atoms with van der Waals surface area (Å²) in [7, 11) is 1.85. The summed E-state index contributed by atoms with van der Waals surface area (Å²) in [5.41, 5.74) is 10.5. The first-order valence-corrected chi connectivity index (χ1v) is 12.9. The molecule has 2 aliphatic rings. The minimum absolute atomic E-state index is 0.0947. The highest BCUT2D eigenvalue weighted by Gasteiger charge is 2.33. The second-order valence-electron chi connectivity index (χ2n) is 9.82. The van der Waals surface area contributed by atoms with Crippen molar-refractivity contribution >= 4 is 28.7 Å². The summed E-state index contributed by atoms with van der Waals surface area (Å²) < 4.78 is 48.8. The van der Waals surface area contributed by atoms with E-state index in [-0.39, 0.29) is 11.3 Å². The van der Waals surface area contributed by atoms with E-state index in [2.05, 4.69) is 26.4 Å². The lowest BCUT2D eigenvalue weighted by Crippen LogP contribution is -2.36. The van der Waals surface area contributed by atoms with Crippen molar-refractivity contribution in [1.82, 2.24) is 25.7 Å². The number of hydrazine groups is 2. The Balaban J connectivity index is 1.43. The van der Waals surface area contributed by atoms with Crippen LogP contribution in [0.15, 0.2) is 36.8 Å². The number of amides is 1. The van der Waals surface area contributed by atoms with Gasteiger partial charge in [0.25, 0.3) is 5.91 Å². The highest BCUT2D eigenvalue weighted by Crippen LogP contribution is 2.38. The van der Waals surface area contributed by atoms with Crippen LogP contribution in [0.3, 0.4) is 0 Å². The molecule has 0 atom stereocenters. The van der Waals surface area contributed by atoms with Crippen molar-refractivity contribution < 1.29 is 22.7 Å². The van der Waals surface area contributed by atoms with Crippen molar-refractivity contribution in [3.05, 3.63) is 70.4 Å². The Hall–Kier alpha value is -4.10. The van der Waals surface area contributed by atoms with Gasteiger partial charge in [-0.15, -0.1) is 5.53 Å². The van der Waals surface area contributed by atoms with Gasteiger partial charge >= 0.3 is 6.18 Å². The summed E-state index contributed by atoms with van der Waals surface area (Å²) in [6, 6.07) is 3.75. The monoisotopic (exact) mass is 556 g/mol. The van der Waals surface area contributed by atoms with Gasteiger partial charge in [0.2, 0.25) is 0 Å². The molecule has 13 heteroatoms. The zero-order valence-corrected chi connectivity index (χ0v) is 22.7. The van der Waals surface area contributed by atoms with Crippen LogP contribution in [0, 0.1) is 20.8 Å². The van der Waals surface area contributed by atoms with Gasteiger partial charge in [0.05, 0.1) is 41.0 Å². The number of pyridine rings is 1. The molecule has 2 aliphatic heterocycles. The third kappa shape index (κ3) is 5.47. The highest BCUT2D eigenvalue weighted by atomic mass is 19.4. The molecule has 1 fully saturated rings. The number of ether oxygens (including phenoxy) is 1. The van der Waals surface area contributed by atoms with Gasteiger partial charge in [-0.1, -0.05) is 0 Å². The van der Waals surface area contributed by atoms with Crippen LogP contribution in [0.2, 0.25) is 0 Å². The van der Waals surface area contributed by atoms with E-state index in [0.29, 0.717) is 55.4 Å². The third-order valence-electron chi connectivity index (χ3n) is 7.20. The highest BCUT2D eigenvalue weighted by molar-refractivity contribution is 6.05. The lowest BCUT2D eigenvalue weighted by Gasteiger charge is -2.27. The van der Waals surface area contributed by atoms with E-state index in [1.807, 2.05) is 25.1 Å². The summed E-state index contributed by atoms with van der Waals surface area (Å²) in [6.45, 7) is 7.46. The minimum Gasteiger partial charge on any atom is -0.380 e. The summed E-state index contributed by atoms with van der Waals surface area (Å²) in [4.78, 5) is 19.6. The molecular formula is C27H31F3N8O2. The van der Waals surface area contributed by atoms with E-state index in [1.165, 1.54) is 6.20 Å². The molecule has 1 amide bonds. The van der Waals surface area contributed by atoms with Gasteiger partial charge in [-0.25, -0.2) is 0 Å². The fraction of sp³-hybridized carbons (Fsp3) is 0.370. The number of nitrogens with one attached hydrogen (secondary N) is 3. The molecule has 0 bridgehead atoms. The van der Waals surface area contributed by atoms with E-state index in [4.69, 9.17) is 4.74 Å². The number of halogens is 3. The first-order valence-electron chi connectivity index (χ1n) is 12.9. The van der Waals surface area contributed by atoms with Crippen LogP contribution in [-0.4, -0.2) is 47.0 Å². The van der Waals surface area contributed by atoms with Gasteiger partial charge in [0, 0.05) is 61.8 Å². The maximum Gasteiger partial charge on any atom is 0.416 e. The number of anilines is 3. The molecule has 0 spiro atoms. The predicted molar refractivity (Wildman–Crippen MR) is 145 cm³/mol. The average molecular weight is 557 g/mol. The molecule has 0 aliphatic carbocycles. The van der Waals surface area contributed by atoms with Crippen molar-refractivity contribution in [3.63, 3.8) is 0 Å². The maximum absolute atomic E-state index is 13.8. The molecule has 2 aromatic heterocycles. The Labute approximate surface area is 229 Å². The summed E-state index contributed by atoms with van der Waals surface area (Å²) in [6.07, 6.45) is 1.10. The predicted octanol–water partition coefficient (Wildman–Crippen LogP) is 4.07. The Morgan fingerprint density at radius 2 is 1.88 bits per heavy atom. The van der Waals surface area contributed by atoms with Gasteiger partial charge < -0.3 is 20.4 Å². The molecule has 1 saturated heterocycles. The fourth-order valence-corrected chi connectivity index (χ4v) is 4.74. The van der Waals surface area contributed by atoms with Crippen LogP contribution in [0.5, 0.6) is 0 Å². The lowest BCUT2D eigenvalue weighted by molar-refractivity contribution is -0.137. The van der Waals surface area contributed by atoms with Gasteiger partial charge in [-0.3, -0.25) is 19.5 Å². The second kappa shape index (κ2) is 10.8. The number of nitrogens with zero attached hydrogens (tertiary/aromatic N) is 5. The third-order valence-corrected chi connectivity index (χ3v) is 7.20. The van der Waals surface area contributed by atoms with Crippen LogP contribution in [-0.2, 0) is 18.0 Å². The molecule has 3 aromatic rings. The zero-order valence-electron chi connectivity index (χ0n) is 22.7. The molecule has 4 heterocycles. The number of carbonyl (C=O) groups is 1. The number of carbonyl (C=O) groups excluding carboxylic acids is 1. The molecule has 10 nitrogen and oxygen atoms in total. The molecule has 0 unspecified atom stereocenters. The smallest absolute Gasteiger partial charge is 0.380 e. The molecule has 40 heavy (non-hydrogen) atoms. The molecular weight excluding hydrogens is 525 g/mol. The van der Waals surface area contributed by atoms with E-state index >= 15 is 0 Å². The first-order chi connectivity index (χ1) is 19.0. The van der Waals surface area contributed by atoms with Crippen molar-refractivity contribution in [2.75, 3.05) is 41.5 Å². The summed E-state index contributed by atoms with van der Waals surface area (Å²) in [5.74, 6) is -0.569. The molecule has 1 aromatic carbocycles. The number of hydrogen-bond donors (Lipinski definition) is 3. The molecule has 0 saturated carbocycles. The number of rotatable bonds is 5. The van der Waals surface area contributed by atoms with Crippen LogP contribution in [0.1, 0.15) is 44.9 Å². The molecule has 212 valence electrons. The lowest BCUT2D eigenvalue weighted by atomic mass is 10.0. The number of aryl methyl sites for hydroxylation is 2. The minimum atomic E-state index is -4.58. The van der Waals surface area contributed by atoms with Crippen LogP contribution < -0.4 is 26.2 Å². The number of alkyl halides is 3. The van der Waals surface area contributed by atoms with Crippen molar-refractivity contribution in [3.8, 4) is 0 Å². The van der Waals surface area contributed by atoms with Crippen LogP contribution in [0.25, 0.3) is 5.70 Å². The summed E-state index contributed by atoms with van der Waals surface area (Å²) in [5, 5.41) is 8.66. The topological polar surface area (TPSA) is 99.6 Å². The van der Waals surface area contributed by atoms with E-state index in [1.54, 1.807) is 35.8 Å². The molecule has 3 N–H and O–H groups in total. The van der Waals surface area contributed by atoms with Crippen molar-refractivity contribution in [1.29, 1.82) is 0 Å². The summed E-state index contributed by atoms with van der Waals surface area (Å²) >= 11 is 0. The number of hydrogen-bond acceptors (Lipinski definition) is 8. The van der Waals surface area contributed by atoms with Gasteiger partial charge in [0.1, 0.15) is 0 Å². The van der Waals surface area contributed by atoms with Gasteiger partial charge in [0.15, 0.2) is 0 Å². The number of aromatic nitrogens is 3. The SMILES string of the molecule is Cc1ncc(C(=O)Nc2cc(C(F)(F)F)cc(N3CCCOCC3)c2C)cc1N1C=C(c2cnn(C)c2C)NN1. The largest absolute Gasteiger partial charge is 0.416 e. The van der Waals surface area contributed by atoms with Crippen LogP contribution in [0.4, 0.5) is 30.2 Å². The normalized spacial score (nSPS) is 16.0. The van der Waals surface area contributed by atoms with E-state index < -0.39 is 17.6 Å². The second-order valence-corrected chi connectivity index (χ2v) is 9.82. The van der Waals surface area contributed by atoms with Crippen molar-refractivity contribution in [2.45, 2.75) is 33.4 Å². The maximum atomic E-state index is 13.8. The zero-order chi connectivity index (χ0) is 28.6. The van der Waals surface area contributed by atoms with Gasteiger partial charge in [-0.05, 0) is 51.0 Å². The Morgan fingerprint density at radius 1 is 1.07 bits per heavy atom.